The summed E-state index contributed by atoms with van der Waals surface area (Å²) in [6, 6.07) is -0.625. The minimum atomic E-state index is -1.20. The van der Waals surface area contributed by atoms with Gasteiger partial charge in [0.1, 0.15) is 0 Å². The maximum atomic E-state index is 11.6. The highest BCUT2D eigenvalue weighted by atomic mass is 16.5. The maximum Gasteiger partial charge on any atom is 0.321 e. The van der Waals surface area contributed by atoms with Crippen molar-refractivity contribution in [2.45, 2.75) is 45.1 Å². The molecule has 1 saturated carbocycles. The Labute approximate surface area is 118 Å². The number of urea groups is 1. The van der Waals surface area contributed by atoms with E-state index in [4.69, 9.17) is 9.84 Å². The number of aliphatic carboxylic acids is 1. The normalized spacial score (nSPS) is 16.9. The van der Waals surface area contributed by atoms with Crippen molar-refractivity contribution in [3.05, 3.63) is 0 Å². The van der Waals surface area contributed by atoms with E-state index in [9.17, 15) is 14.4 Å². The molecule has 1 rings (SSSR count). The smallest absolute Gasteiger partial charge is 0.321 e. The maximum absolute atomic E-state index is 11.6. The highest BCUT2D eigenvalue weighted by molar-refractivity contribution is 5.96. The molecule has 7 heteroatoms. The summed E-state index contributed by atoms with van der Waals surface area (Å²) in [6.07, 6.45) is 2.56. The fraction of sp³-hybridized carbons (Fsp3) is 0.769. The largest absolute Gasteiger partial charge is 0.481 e. The van der Waals surface area contributed by atoms with E-state index >= 15 is 0 Å². The van der Waals surface area contributed by atoms with Crippen LogP contribution in [0, 0.1) is 5.41 Å². The summed E-state index contributed by atoms with van der Waals surface area (Å²) in [7, 11) is 1.60. The highest BCUT2D eigenvalue weighted by Gasteiger charge is 2.37. The van der Waals surface area contributed by atoms with Crippen LogP contribution in [0.4, 0.5) is 4.79 Å². The van der Waals surface area contributed by atoms with Crippen LogP contribution in [0.1, 0.15) is 39.5 Å². The third kappa shape index (κ3) is 4.19. The van der Waals surface area contributed by atoms with Crippen LogP contribution in [-0.4, -0.2) is 42.3 Å². The molecule has 0 atom stereocenters. The van der Waals surface area contributed by atoms with Gasteiger partial charge in [-0.15, -0.1) is 0 Å². The minimum absolute atomic E-state index is 0.259. The van der Waals surface area contributed by atoms with Crippen LogP contribution in [0.3, 0.4) is 0 Å². The van der Waals surface area contributed by atoms with E-state index in [0.29, 0.717) is 6.54 Å². The fourth-order valence-electron chi connectivity index (χ4n) is 1.96. The monoisotopic (exact) mass is 286 g/mol. The number of ether oxygens (including phenoxy) is 1. The molecule has 0 aromatic rings. The summed E-state index contributed by atoms with van der Waals surface area (Å²) < 4.78 is 5.34. The van der Waals surface area contributed by atoms with Gasteiger partial charge in [-0.3, -0.25) is 14.9 Å². The van der Waals surface area contributed by atoms with Gasteiger partial charge in [0.2, 0.25) is 5.91 Å². The van der Waals surface area contributed by atoms with Gasteiger partial charge in [-0.1, -0.05) is 0 Å². The van der Waals surface area contributed by atoms with E-state index in [-0.39, 0.29) is 12.0 Å². The van der Waals surface area contributed by atoms with E-state index in [0.717, 1.165) is 19.3 Å². The van der Waals surface area contributed by atoms with Crippen molar-refractivity contribution in [2.75, 3.05) is 13.7 Å². The molecule has 0 unspecified atom stereocenters. The number of carbonyl (C=O) groups is 3. The van der Waals surface area contributed by atoms with Crippen molar-refractivity contribution < 1.29 is 24.2 Å². The molecule has 0 bridgehead atoms. The van der Waals surface area contributed by atoms with Crippen LogP contribution < -0.4 is 10.6 Å². The van der Waals surface area contributed by atoms with E-state index in [1.165, 1.54) is 13.8 Å². The van der Waals surface area contributed by atoms with Crippen LogP contribution in [0.5, 0.6) is 0 Å². The molecular weight excluding hydrogens is 264 g/mol. The number of imide groups is 1. The van der Waals surface area contributed by atoms with Crippen molar-refractivity contribution in [3.63, 3.8) is 0 Å². The second kappa shape index (κ2) is 6.21. The SMILES string of the molecule is COC1(CNC(=O)NC(=O)CC(C)(C)C(=O)O)CCC1. The Morgan fingerprint density at radius 1 is 1.30 bits per heavy atom. The van der Waals surface area contributed by atoms with Gasteiger partial charge in [0.25, 0.3) is 0 Å². The van der Waals surface area contributed by atoms with Gasteiger partial charge in [0, 0.05) is 20.1 Å². The number of methoxy groups -OCH3 is 1. The predicted octanol–water partition coefficient (Wildman–Crippen LogP) is 0.882. The van der Waals surface area contributed by atoms with Crippen LogP contribution in [-0.2, 0) is 14.3 Å². The van der Waals surface area contributed by atoms with Gasteiger partial charge in [-0.2, -0.15) is 0 Å². The Morgan fingerprint density at radius 3 is 2.30 bits per heavy atom. The molecule has 1 aliphatic carbocycles. The molecule has 0 radical (unpaired) electrons. The molecule has 114 valence electrons. The number of nitrogens with one attached hydrogen (secondary N) is 2. The Kier molecular flexibility index (Phi) is 5.10. The molecule has 0 spiro atoms. The Balaban J connectivity index is 2.35. The first kappa shape index (κ1) is 16.4. The molecule has 1 aliphatic rings. The Bertz CT molecular complexity index is 396. The van der Waals surface area contributed by atoms with Gasteiger partial charge in [0.15, 0.2) is 0 Å². The molecule has 7 nitrogen and oxygen atoms in total. The van der Waals surface area contributed by atoms with E-state index in [1.807, 2.05) is 0 Å². The average molecular weight is 286 g/mol. The summed E-state index contributed by atoms with van der Waals surface area (Å²) in [5.74, 6) is -1.70. The lowest BCUT2D eigenvalue weighted by atomic mass is 9.80. The third-order valence-corrected chi connectivity index (χ3v) is 3.70. The number of carboxylic acids is 1. The highest BCUT2D eigenvalue weighted by Crippen LogP contribution is 2.34. The molecule has 0 aromatic heterocycles. The number of rotatable bonds is 6. The van der Waals surface area contributed by atoms with E-state index in [1.54, 1.807) is 7.11 Å². The van der Waals surface area contributed by atoms with Gasteiger partial charge >= 0.3 is 12.0 Å². The molecule has 0 aliphatic heterocycles. The van der Waals surface area contributed by atoms with Crippen molar-refractivity contribution in [2.24, 2.45) is 5.41 Å². The lowest BCUT2D eigenvalue weighted by Gasteiger charge is -2.40. The number of carboxylic acid groups (broad SMARTS) is 1. The van der Waals surface area contributed by atoms with Gasteiger partial charge in [0.05, 0.1) is 11.0 Å². The second-order valence-corrected chi connectivity index (χ2v) is 5.84. The van der Waals surface area contributed by atoms with E-state index in [2.05, 4.69) is 10.6 Å². The van der Waals surface area contributed by atoms with Crippen molar-refractivity contribution >= 4 is 17.9 Å². The molecule has 1 fully saturated rings. The summed E-state index contributed by atoms with van der Waals surface area (Å²) in [4.78, 5) is 34.0. The van der Waals surface area contributed by atoms with E-state index < -0.39 is 23.3 Å². The van der Waals surface area contributed by atoms with Crippen LogP contribution in [0.15, 0.2) is 0 Å². The number of amides is 3. The minimum Gasteiger partial charge on any atom is -0.481 e. The van der Waals surface area contributed by atoms with Crippen LogP contribution >= 0.6 is 0 Å². The first-order valence-electron chi connectivity index (χ1n) is 6.57. The first-order valence-corrected chi connectivity index (χ1v) is 6.57. The van der Waals surface area contributed by atoms with Crippen molar-refractivity contribution in [3.8, 4) is 0 Å². The molecule has 3 amide bonds. The number of carbonyl (C=O) groups excluding carboxylic acids is 2. The molecule has 0 aromatic carbocycles. The standard InChI is InChI=1S/C13H22N2O5/c1-12(2,10(17)18)7-9(16)15-11(19)14-8-13(20-3)5-4-6-13/h4-8H2,1-3H3,(H,17,18)(H2,14,15,16,19). The zero-order valence-electron chi connectivity index (χ0n) is 12.1. The average Bonchev–Trinajstić information content (AvgIpc) is 2.26. The zero-order valence-corrected chi connectivity index (χ0v) is 12.1. The lowest BCUT2D eigenvalue weighted by molar-refractivity contribution is -0.149. The summed E-state index contributed by atoms with van der Waals surface area (Å²) >= 11 is 0. The van der Waals surface area contributed by atoms with Gasteiger partial charge in [-0.05, 0) is 33.1 Å². The molecule has 3 N–H and O–H groups in total. The summed E-state index contributed by atoms with van der Waals surface area (Å²) in [6.45, 7) is 3.20. The number of hydrogen-bond donors (Lipinski definition) is 3. The molecule has 0 saturated heterocycles. The lowest BCUT2D eigenvalue weighted by Crippen LogP contribution is -2.52. The zero-order chi connectivity index (χ0) is 15.4. The number of hydrogen-bond acceptors (Lipinski definition) is 4. The topological polar surface area (TPSA) is 105 Å². The predicted molar refractivity (Wildman–Crippen MR) is 71.2 cm³/mol. The second-order valence-electron chi connectivity index (χ2n) is 5.84. The van der Waals surface area contributed by atoms with Gasteiger partial charge < -0.3 is 15.2 Å². The van der Waals surface area contributed by atoms with Crippen molar-refractivity contribution in [1.82, 2.24) is 10.6 Å². The summed E-state index contributed by atoms with van der Waals surface area (Å²) in [5.41, 5.74) is -1.52. The van der Waals surface area contributed by atoms with Gasteiger partial charge in [-0.25, -0.2) is 4.79 Å². The quantitative estimate of drug-likeness (QED) is 0.672. The Hall–Kier alpha value is -1.63. The summed E-state index contributed by atoms with van der Waals surface area (Å²) in [5, 5.41) is 13.6. The Morgan fingerprint density at radius 2 is 1.90 bits per heavy atom. The molecular formula is C13H22N2O5. The van der Waals surface area contributed by atoms with Crippen LogP contribution in [0.25, 0.3) is 0 Å². The molecule has 20 heavy (non-hydrogen) atoms. The van der Waals surface area contributed by atoms with Crippen LogP contribution in [0.2, 0.25) is 0 Å². The third-order valence-electron chi connectivity index (χ3n) is 3.70. The van der Waals surface area contributed by atoms with Crippen molar-refractivity contribution in [1.29, 1.82) is 0 Å². The molecule has 0 heterocycles. The first-order chi connectivity index (χ1) is 9.21. The fourth-order valence-corrected chi connectivity index (χ4v) is 1.96.